The second kappa shape index (κ2) is 4.54. The van der Waals surface area contributed by atoms with Crippen LogP contribution in [-0.2, 0) is 9.84 Å². The standard InChI is InChI=1S/C11H15NO4S/c1-16-11-5-3-2-4-8(11)12-9-6-17(14,15)7-10(9)13/h2-5,9-10,12-13H,6-7H2,1H3/t9-,10-/m1/s1. The predicted molar refractivity (Wildman–Crippen MR) is 65.1 cm³/mol. The number of anilines is 1. The number of para-hydroxylation sites is 2. The number of rotatable bonds is 3. The number of benzene rings is 1. The SMILES string of the molecule is COc1ccccc1N[C@@H]1CS(=O)(=O)C[C@H]1O. The summed E-state index contributed by atoms with van der Waals surface area (Å²) in [7, 11) is -1.59. The third-order valence-corrected chi connectivity index (χ3v) is 4.49. The van der Waals surface area contributed by atoms with Gasteiger partial charge in [0.15, 0.2) is 9.84 Å². The van der Waals surface area contributed by atoms with Gasteiger partial charge in [-0.25, -0.2) is 8.42 Å². The van der Waals surface area contributed by atoms with E-state index in [4.69, 9.17) is 4.74 Å². The van der Waals surface area contributed by atoms with Gasteiger partial charge in [-0.05, 0) is 12.1 Å². The smallest absolute Gasteiger partial charge is 0.155 e. The molecule has 2 rings (SSSR count). The number of aliphatic hydroxyl groups is 1. The number of hydrogen-bond acceptors (Lipinski definition) is 5. The summed E-state index contributed by atoms with van der Waals surface area (Å²) in [6, 6.07) is 6.73. The lowest BCUT2D eigenvalue weighted by molar-refractivity contribution is 0.190. The molecular weight excluding hydrogens is 242 g/mol. The van der Waals surface area contributed by atoms with Gasteiger partial charge in [0.2, 0.25) is 0 Å². The molecule has 1 aromatic carbocycles. The molecule has 0 radical (unpaired) electrons. The maximum atomic E-state index is 11.4. The molecule has 0 aromatic heterocycles. The van der Waals surface area contributed by atoms with Crippen LogP contribution < -0.4 is 10.1 Å². The molecule has 1 fully saturated rings. The topological polar surface area (TPSA) is 75.6 Å². The van der Waals surface area contributed by atoms with Gasteiger partial charge < -0.3 is 15.2 Å². The van der Waals surface area contributed by atoms with Crippen molar-refractivity contribution >= 4 is 15.5 Å². The minimum atomic E-state index is -3.14. The summed E-state index contributed by atoms with van der Waals surface area (Å²) in [6.07, 6.45) is -0.870. The van der Waals surface area contributed by atoms with Crippen LogP contribution in [0.5, 0.6) is 5.75 Å². The Morgan fingerprint density at radius 3 is 2.65 bits per heavy atom. The molecule has 0 spiro atoms. The Balaban J connectivity index is 2.16. The maximum absolute atomic E-state index is 11.4. The van der Waals surface area contributed by atoms with E-state index in [1.54, 1.807) is 19.2 Å². The first-order chi connectivity index (χ1) is 8.02. The van der Waals surface area contributed by atoms with Crippen LogP contribution in [0.15, 0.2) is 24.3 Å². The Labute approximate surface area is 100 Å². The van der Waals surface area contributed by atoms with Crippen LogP contribution >= 0.6 is 0 Å². The largest absolute Gasteiger partial charge is 0.495 e. The van der Waals surface area contributed by atoms with Crippen molar-refractivity contribution in [3.8, 4) is 5.75 Å². The van der Waals surface area contributed by atoms with Gasteiger partial charge in [0.1, 0.15) is 5.75 Å². The second-order valence-electron chi connectivity index (χ2n) is 4.10. The molecule has 94 valence electrons. The molecule has 1 aliphatic heterocycles. The molecule has 1 heterocycles. The molecular formula is C11H15NO4S. The summed E-state index contributed by atoms with van der Waals surface area (Å²) in [5, 5.41) is 12.7. The summed E-state index contributed by atoms with van der Waals surface area (Å²) in [6.45, 7) is 0. The molecule has 0 amide bonds. The van der Waals surface area contributed by atoms with Gasteiger partial charge in [0.25, 0.3) is 0 Å². The first-order valence-electron chi connectivity index (χ1n) is 5.30. The minimum absolute atomic E-state index is 0.0494. The minimum Gasteiger partial charge on any atom is -0.495 e. The Morgan fingerprint density at radius 1 is 1.35 bits per heavy atom. The quantitative estimate of drug-likeness (QED) is 0.812. The zero-order valence-corrected chi connectivity index (χ0v) is 10.3. The van der Waals surface area contributed by atoms with Crippen LogP contribution in [-0.4, -0.2) is 44.3 Å². The summed E-state index contributed by atoms with van der Waals surface area (Å²) >= 11 is 0. The van der Waals surface area contributed by atoms with Gasteiger partial charge in [-0.1, -0.05) is 12.1 Å². The van der Waals surface area contributed by atoms with Crippen LogP contribution in [0.3, 0.4) is 0 Å². The van der Waals surface area contributed by atoms with E-state index in [2.05, 4.69) is 5.32 Å². The molecule has 2 N–H and O–H groups in total. The van der Waals surface area contributed by atoms with Gasteiger partial charge in [-0.2, -0.15) is 0 Å². The summed E-state index contributed by atoms with van der Waals surface area (Å²) < 4.78 is 27.9. The lowest BCUT2D eigenvalue weighted by atomic mass is 10.2. The van der Waals surface area contributed by atoms with Crippen molar-refractivity contribution in [1.29, 1.82) is 0 Å². The van der Waals surface area contributed by atoms with E-state index in [1.165, 1.54) is 0 Å². The molecule has 6 heteroatoms. The van der Waals surface area contributed by atoms with Crippen LogP contribution in [0, 0.1) is 0 Å². The first kappa shape index (κ1) is 12.2. The van der Waals surface area contributed by atoms with Crippen molar-refractivity contribution in [2.45, 2.75) is 12.1 Å². The van der Waals surface area contributed by atoms with E-state index in [0.717, 1.165) is 0 Å². The molecule has 0 bridgehead atoms. The third-order valence-electron chi connectivity index (χ3n) is 2.77. The van der Waals surface area contributed by atoms with Gasteiger partial charge >= 0.3 is 0 Å². The van der Waals surface area contributed by atoms with Crippen molar-refractivity contribution in [1.82, 2.24) is 0 Å². The summed E-state index contributed by atoms with van der Waals surface area (Å²) in [4.78, 5) is 0. The van der Waals surface area contributed by atoms with Crippen molar-refractivity contribution in [2.24, 2.45) is 0 Å². The zero-order valence-electron chi connectivity index (χ0n) is 9.46. The van der Waals surface area contributed by atoms with E-state index >= 15 is 0 Å². The van der Waals surface area contributed by atoms with E-state index in [9.17, 15) is 13.5 Å². The molecule has 17 heavy (non-hydrogen) atoms. The molecule has 0 saturated carbocycles. The summed E-state index contributed by atoms with van der Waals surface area (Å²) in [5.74, 6) is 0.399. The van der Waals surface area contributed by atoms with Crippen molar-refractivity contribution < 1.29 is 18.3 Å². The van der Waals surface area contributed by atoms with Crippen LogP contribution in [0.1, 0.15) is 0 Å². The number of hydrogen-bond donors (Lipinski definition) is 2. The van der Waals surface area contributed by atoms with Crippen molar-refractivity contribution in [2.75, 3.05) is 23.9 Å². The maximum Gasteiger partial charge on any atom is 0.155 e. The Hall–Kier alpha value is -1.27. The zero-order chi connectivity index (χ0) is 12.5. The molecule has 1 aliphatic rings. The highest BCUT2D eigenvalue weighted by atomic mass is 32.2. The van der Waals surface area contributed by atoms with Gasteiger partial charge in [0, 0.05) is 0 Å². The summed E-state index contributed by atoms with van der Waals surface area (Å²) in [5.41, 5.74) is 0.691. The lowest BCUT2D eigenvalue weighted by Gasteiger charge is -2.18. The number of sulfone groups is 1. The molecule has 1 saturated heterocycles. The fourth-order valence-electron chi connectivity index (χ4n) is 1.93. The molecule has 2 atom stereocenters. The van der Waals surface area contributed by atoms with E-state index in [1.807, 2.05) is 12.1 Å². The third kappa shape index (κ3) is 2.70. The highest BCUT2D eigenvalue weighted by molar-refractivity contribution is 7.91. The second-order valence-corrected chi connectivity index (χ2v) is 6.25. The molecule has 0 unspecified atom stereocenters. The van der Waals surface area contributed by atoms with Gasteiger partial charge in [0.05, 0.1) is 36.4 Å². The van der Waals surface area contributed by atoms with Crippen LogP contribution in [0.2, 0.25) is 0 Å². The average molecular weight is 257 g/mol. The number of methoxy groups -OCH3 is 1. The molecule has 1 aromatic rings. The number of aliphatic hydroxyl groups excluding tert-OH is 1. The van der Waals surface area contributed by atoms with Gasteiger partial charge in [-0.15, -0.1) is 0 Å². The average Bonchev–Trinajstić information content (AvgIpc) is 2.52. The van der Waals surface area contributed by atoms with Crippen molar-refractivity contribution in [3.63, 3.8) is 0 Å². The molecule has 5 nitrogen and oxygen atoms in total. The normalized spacial score (nSPS) is 26.7. The van der Waals surface area contributed by atoms with Gasteiger partial charge in [-0.3, -0.25) is 0 Å². The Kier molecular flexibility index (Phi) is 3.26. The Bertz CT molecular complexity index is 500. The van der Waals surface area contributed by atoms with E-state index in [0.29, 0.717) is 11.4 Å². The lowest BCUT2D eigenvalue weighted by Crippen LogP contribution is -2.31. The predicted octanol–water partition coefficient (Wildman–Crippen LogP) is 0.265. The highest BCUT2D eigenvalue weighted by Crippen LogP contribution is 2.26. The molecule has 0 aliphatic carbocycles. The Morgan fingerprint density at radius 2 is 2.06 bits per heavy atom. The highest BCUT2D eigenvalue weighted by Gasteiger charge is 2.36. The van der Waals surface area contributed by atoms with E-state index < -0.39 is 22.0 Å². The number of ether oxygens (including phenoxy) is 1. The van der Waals surface area contributed by atoms with E-state index in [-0.39, 0.29) is 11.5 Å². The van der Waals surface area contributed by atoms with Crippen molar-refractivity contribution in [3.05, 3.63) is 24.3 Å². The van der Waals surface area contributed by atoms with Crippen LogP contribution in [0.25, 0.3) is 0 Å². The fraction of sp³-hybridized carbons (Fsp3) is 0.455. The first-order valence-corrected chi connectivity index (χ1v) is 7.12. The monoisotopic (exact) mass is 257 g/mol. The van der Waals surface area contributed by atoms with Crippen LogP contribution in [0.4, 0.5) is 5.69 Å². The fourth-order valence-corrected chi connectivity index (χ4v) is 3.67. The number of nitrogens with one attached hydrogen (secondary N) is 1.